The van der Waals surface area contributed by atoms with Crippen LogP contribution in [0.5, 0.6) is 0 Å². The van der Waals surface area contributed by atoms with Crippen LogP contribution in [0.15, 0.2) is 24.3 Å². The lowest BCUT2D eigenvalue weighted by atomic mass is 10.0. The number of aliphatic hydroxyl groups is 1. The molecule has 1 aromatic rings. The Morgan fingerprint density at radius 1 is 1.40 bits per heavy atom. The summed E-state index contributed by atoms with van der Waals surface area (Å²) in [7, 11) is 0. The third-order valence-electron chi connectivity index (χ3n) is 3.45. The van der Waals surface area contributed by atoms with Crippen molar-refractivity contribution >= 4 is 17.5 Å². The number of hydrogen-bond acceptors (Lipinski definition) is 3. The zero-order valence-electron chi connectivity index (χ0n) is 11.6. The number of amides is 2. The fourth-order valence-corrected chi connectivity index (χ4v) is 2.22. The van der Waals surface area contributed by atoms with Crippen molar-refractivity contribution in [3.05, 3.63) is 29.8 Å². The number of para-hydroxylation sites is 1. The van der Waals surface area contributed by atoms with Gasteiger partial charge in [-0.15, -0.1) is 0 Å². The molecule has 2 amide bonds. The zero-order valence-corrected chi connectivity index (χ0v) is 11.6. The van der Waals surface area contributed by atoms with Crippen molar-refractivity contribution in [1.82, 2.24) is 5.32 Å². The van der Waals surface area contributed by atoms with E-state index in [1.165, 1.54) is 4.90 Å². The average Bonchev–Trinajstić information content (AvgIpc) is 2.47. The van der Waals surface area contributed by atoms with Gasteiger partial charge in [0.05, 0.1) is 0 Å². The first kappa shape index (κ1) is 14.5. The molecule has 0 radical (unpaired) electrons. The summed E-state index contributed by atoms with van der Waals surface area (Å²) in [5.41, 5.74) is 1.93. The van der Waals surface area contributed by atoms with Crippen LogP contribution in [0.3, 0.4) is 0 Å². The molecule has 0 saturated heterocycles. The quantitative estimate of drug-likeness (QED) is 0.832. The lowest BCUT2D eigenvalue weighted by molar-refractivity contribution is -0.124. The number of carbonyl (C=O) groups is 2. The Bertz CT molecular complexity index is 502. The van der Waals surface area contributed by atoms with E-state index in [2.05, 4.69) is 5.32 Å². The standard InChI is InChI=1S/C15H20N2O3/c1-11(10-18)8-16-14(19)9-17-13-5-3-2-4-12(13)6-7-15(17)20/h2-5,11,18H,6-10H2,1H3,(H,16,19). The molecule has 1 atom stereocenters. The Hall–Kier alpha value is -1.88. The van der Waals surface area contributed by atoms with Crippen molar-refractivity contribution in [2.75, 3.05) is 24.6 Å². The second kappa shape index (κ2) is 6.52. The van der Waals surface area contributed by atoms with Crippen LogP contribution >= 0.6 is 0 Å². The third-order valence-corrected chi connectivity index (χ3v) is 3.45. The number of hydrogen-bond donors (Lipinski definition) is 2. The van der Waals surface area contributed by atoms with Crippen molar-refractivity contribution in [2.45, 2.75) is 19.8 Å². The maximum atomic E-state index is 12.0. The Morgan fingerprint density at radius 2 is 2.15 bits per heavy atom. The molecule has 0 bridgehead atoms. The number of aliphatic hydroxyl groups excluding tert-OH is 1. The van der Waals surface area contributed by atoms with Gasteiger partial charge in [0.25, 0.3) is 0 Å². The van der Waals surface area contributed by atoms with E-state index >= 15 is 0 Å². The summed E-state index contributed by atoms with van der Waals surface area (Å²) in [5.74, 6) is -0.201. The minimum Gasteiger partial charge on any atom is -0.396 e. The van der Waals surface area contributed by atoms with Crippen LogP contribution < -0.4 is 10.2 Å². The van der Waals surface area contributed by atoms with Gasteiger partial charge in [-0.1, -0.05) is 25.1 Å². The maximum Gasteiger partial charge on any atom is 0.240 e. The molecule has 1 aliphatic heterocycles. The van der Waals surface area contributed by atoms with Crippen molar-refractivity contribution < 1.29 is 14.7 Å². The maximum absolute atomic E-state index is 12.0. The third kappa shape index (κ3) is 3.36. The van der Waals surface area contributed by atoms with E-state index in [0.717, 1.165) is 17.7 Å². The number of benzene rings is 1. The minimum absolute atomic E-state index is 0.0169. The van der Waals surface area contributed by atoms with Crippen molar-refractivity contribution in [3.8, 4) is 0 Å². The molecule has 0 spiro atoms. The summed E-state index contributed by atoms with van der Waals surface area (Å²) in [4.78, 5) is 25.4. The molecule has 0 aliphatic carbocycles. The number of anilines is 1. The minimum atomic E-state index is -0.199. The number of nitrogens with one attached hydrogen (secondary N) is 1. The molecule has 1 aliphatic rings. The number of nitrogens with zero attached hydrogens (tertiary/aromatic N) is 1. The van der Waals surface area contributed by atoms with E-state index in [9.17, 15) is 9.59 Å². The van der Waals surface area contributed by atoms with E-state index in [1.54, 1.807) is 0 Å². The topological polar surface area (TPSA) is 69.6 Å². The second-order valence-electron chi connectivity index (χ2n) is 5.20. The average molecular weight is 276 g/mol. The summed E-state index contributed by atoms with van der Waals surface area (Å²) in [6.07, 6.45) is 1.17. The van der Waals surface area contributed by atoms with E-state index in [-0.39, 0.29) is 30.9 Å². The summed E-state index contributed by atoms with van der Waals surface area (Å²) in [6, 6.07) is 7.67. The molecule has 1 aromatic carbocycles. The van der Waals surface area contributed by atoms with Crippen molar-refractivity contribution in [2.24, 2.45) is 5.92 Å². The monoisotopic (exact) mass is 276 g/mol. The zero-order chi connectivity index (χ0) is 14.5. The fraction of sp³-hybridized carbons (Fsp3) is 0.467. The van der Waals surface area contributed by atoms with Crippen LogP contribution in [0.1, 0.15) is 18.9 Å². The van der Waals surface area contributed by atoms with Crippen molar-refractivity contribution in [3.63, 3.8) is 0 Å². The van der Waals surface area contributed by atoms with E-state index in [1.807, 2.05) is 31.2 Å². The predicted octanol–water partition coefficient (Wildman–Crippen LogP) is 0.710. The highest BCUT2D eigenvalue weighted by Crippen LogP contribution is 2.26. The summed E-state index contributed by atoms with van der Waals surface area (Å²) in [6.45, 7) is 2.33. The molecule has 0 saturated carbocycles. The molecule has 2 rings (SSSR count). The smallest absolute Gasteiger partial charge is 0.240 e. The SMILES string of the molecule is CC(CO)CNC(=O)CN1C(=O)CCc2ccccc21. The number of fused-ring (bicyclic) bond motifs is 1. The van der Waals surface area contributed by atoms with Crippen LogP contribution in [0, 0.1) is 5.92 Å². The Kier molecular flexibility index (Phi) is 4.74. The highest BCUT2D eigenvalue weighted by atomic mass is 16.3. The molecule has 20 heavy (non-hydrogen) atoms. The van der Waals surface area contributed by atoms with E-state index in [0.29, 0.717) is 13.0 Å². The highest BCUT2D eigenvalue weighted by molar-refractivity contribution is 6.00. The second-order valence-corrected chi connectivity index (χ2v) is 5.20. The number of carbonyl (C=O) groups excluding carboxylic acids is 2. The van der Waals surface area contributed by atoms with Crippen LogP contribution in [-0.4, -0.2) is 36.6 Å². The van der Waals surface area contributed by atoms with Crippen LogP contribution in [0.25, 0.3) is 0 Å². The first-order valence-corrected chi connectivity index (χ1v) is 6.87. The van der Waals surface area contributed by atoms with Gasteiger partial charge in [0.1, 0.15) is 6.54 Å². The van der Waals surface area contributed by atoms with Gasteiger partial charge >= 0.3 is 0 Å². The largest absolute Gasteiger partial charge is 0.396 e. The molecular weight excluding hydrogens is 256 g/mol. The molecule has 1 unspecified atom stereocenters. The van der Waals surface area contributed by atoms with E-state index in [4.69, 9.17) is 5.11 Å². The van der Waals surface area contributed by atoms with Gasteiger partial charge in [0.15, 0.2) is 0 Å². The van der Waals surface area contributed by atoms with Crippen LogP contribution in [0.4, 0.5) is 5.69 Å². The first-order chi connectivity index (χ1) is 9.61. The van der Waals surface area contributed by atoms with Gasteiger partial charge in [-0.05, 0) is 24.0 Å². The first-order valence-electron chi connectivity index (χ1n) is 6.87. The van der Waals surface area contributed by atoms with Gasteiger partial charge in [-0.3, -0.25) is 9.59 Å². The molecule has 2 N–H and O–H groups in total. The van der Waals surface area contributed by atoms with Gasteiger partial charge in [-0.25, -0.2) is 0 Å². The number of aryl methyl sites for hydroxylation is 1. The molecule has 5 heteroatoms. The molecular formula is C15H20N2O3. The Labute approximate surface area is 118 Å². The van der Waals surface area contributed by atoms with Crippen LogP contribution in [0.2, 0.25) is 0 Å². The molecule has 108 valence electrons. The van der Waals surface area contributed by atoms with Gasteiger partial charge < -0.3 is 15.3 Å². The molecule has 0 fully saturated rings. The summed E-state index contributed by atoms with van der Waals surface area (Å²) in [5, 5.41) is 11.7. The van der Waals surface area contributed by atoms with Gasteiger partial charge in [0, 0.05) is 25.3 Å². The summed E-state index contributed by atoms with van der Waals surface area (Å²) < 4.78 is 0. The number of rotatable bonds is 5. The van der Waals surface area contributed by atoms with Gasteiger partial charge in [0.2, 0.25) is 11.8 Å². The van der Waals surface area contributed by atoms with E-state index < -0.39 is 0 Å². The van der Waals surface area contributed by atoms with Crippen LogP contribution in [-0.2, 0) is 16.0 Å². The summed E-state index contributed by atoms with van der Waals surface area (Å²) >= 11 is 0. The fourth-order valence-electron chi connectivity index (χ4n) is 2.22. The molecule has 5 nitrogen and oxygen atoms in total. The lowest BCUT2D eigenvalue weighted by Gasteiger charge is -2.29. The lowest BCUT2D eigenvalue weighted by Crippen LogP contribution is -2.44. The predicted molar refractivity (Wildman–Crippen MR) is 76.4 cm³/mol. The Morgan fingerprint density at radius 3 is 2.90 bits per heavy atom. The normalized spacial score (nSPS) is 15.7. The molecule has 1 heterocycles. The van der Waals surface area contributed by atoms with Crippen molar-refractivity contribution in [1.29, 1.82) is 0 Å². The Balaban J connectivity index is 2.01. The highest BCUT2D eigenvalue weighted by Gasteiger charge is 2.25. The van der Waals surface area contributed by atoms with Gasteiger partial charge in [-0.2, -0.15) is 0 Å². The molecule has 0 aromatic heterocycles.